The van der Waals surface area contributed by atoms with Crippen molar-refractivity contribution in [3.8, 4) is 16.8 Å². The Morgan fingerprint density at radius 2 is 1.87 bits per heavy atom. The number of nitrogens with one attached hydrogen (secondary N) is 1. The van der Waals surface area contributed by atoms with Crippen molar-refractivity contribution in [2.45, 2.75) is 0 Å². The number of halogens is 1. The van der Waals surface area contributed by atoms with Gasteiger partial charge in [0, 0.05) is 22.5 Å². The summed E-state index contributed by atoms with van der Waals surface area (Å²) in [7, 11) is 0. The van der Waals surface area contributed by atoms with E-state index < -0.39 is 0 Å². The minimum atomic E-state index is -0.158. The normalized spacial score (nSPS) is 11.0. The van der Waals surface area contributed by atoms with E-state index in [9.17, 15) is 4.79 Å². The molecule has 0 aliphatic carbocycles. The maximum atomic E-state index is 12.3. The van der Waals surface area contributed by atoms with Crippen molar-refractivity contribution in [2.75, 3.05) is 0 Å². The Hall–Kier alpha value is -2.85. The van der Waals surface area contributed by atoms with Crippen molar-refractivity contribution in [1.82, 2.24) is 14.5 Å². The zero-order valence-corrected chi connectivity index (χ0v) is 12.8. The Morgan fingerprint density at radius 3 is 2.65 bits per heavy atom. The first-order valence-corrected chi connectivity index (χ1v) is 7.52. The van der Waals surface area contributed by atoms with Crippen LogP contribution in [0.1, 0.15) is 0 Å². The average molecular weight is 322 g/mol. The van der Waals surface area contributed by atoms with Crippen molar-refractivity contribution < 1.29 is 0 Å². The van der Waals surface area contributed by atoms with Crippen LogP contribution in [0.3, 0.4) is 0 Å². The molecule has 1 N–H and O–H groups in total. The third kappa shape index (κ3) is 2.33. The third-order valence-corrected chi connectivity index (χ3v) is 4.00. The second-order valence-corrected chi connectivity index (χ2v) is 5.63. The molecule has 2 aromatic carbocycles. The minimum Gasteiger partial charge on any atom is -0.312 e. The molecule has 0 atom stereocenters. The summed E-state index contributed by atoms with van der Waals surface area (Å²) in [6, 6.07) is 17.3. The van der Waals surface area contributed by atoms with Gasteiger partial charge >= 0.3 is 0 Å². The van der Waals surface area contributed by atoms with Crippen LogP contribution in [-0.4, -0.2) is 14.5 Å². The highest BCUT2D eigenvalue weighted by Crippen LogP contribution is 2.29. The number of benzene rings is 2. The lowest BCUT2D eigenvalue weighted by Crippen LogP contribution is -2.07. The fraction of sp³-hybridized carbons (Fsp3) is 0. The quantitative estimate of drug-likeness (QED) is 0.606. The zero-order chi connectivity index (χ0) is 15.8. The summed E-state index contributed by atoms with van der Waals surface area (Å²) >= 11 is 6.10. The summed E-state index contributed by atoms with van der Waals surface area (Å²) in [5, 5.41) is 1.20. The SMILES string of the molecule is O=c1[nH]cnc2c1c(-c1ccccc1)cn2-c1cccc(Cl)c1. The standard InChI is InChI=1S/C18H12ClN3O/c19-13-7-4-8-14(9-13)22-10-15(12-5-2-1-3-6-12)16-17(22)20-11-21-18(16)23/h1-11H,(H,20,21,23). The van der Waals surface area contributed by atoms with Gasteiger partial charge in [-0.15, -0.1) is 0 Å². The second kappa shape index (κ2) is 5.41. The van der Waals surface area contributed by atoms with Crippen LogP contribution < -0.4 is 5.56 Å². The lowest BCUT2D eigenvalue weighted by atomic mass is 10.1. The molecule has 5 heteroatoms. The topological polar surface area (TPSA) is 50.7 Å². The van der Waals surface area contributed by atoms with E-state index in [1.165, 1.54) is 6.33 Å². The van der Waals surface area contributed by atoms with E-state index >= 15 is 0 Å². The highest BCUT2D eigenvalue weighted by molar-refractivity contribution is 6.30. The molecule has 4 aromatic rings. The number of fused-ring (bicyclic) bond motifs is 1. The smallest absolute Gasteiger partial charge is 0.260 e. The van der Waals surface area contributed by atoms with Crippen molar-refractivity contribution in [2.24, 2.45) is 0 Å². The van der Waals surface area contributed by atoms with E-state index in [-0.39, 0.29) is 5.56 Å². The lowest BCUT2D eigenvalue weighted by Gasteiger charge is -2.04. The van der Waals surface area contributed by atoms with Gasteiger partial charge in [0.05, 0.1) is 11.7 Å². The summed E-state index contributed by atoms with van der Waals surface area (Å²) in [6.07, 6.45) is 3.34. The van der Waals surface area contributed by atoms with Crippen LogP contribution in [0.5, 0.6) is 0 Å². The van der Waals surface area contributed by atoms with Crippen LogP contribution in [0, 0.1) is 0 Å². The Kier molecular flexibility index (Phi) is 3.24. The number of aromatic nitrogens is 3. The van der Waals surface area contributed by atoms with Crippen LogP contribution in [0.2, 0.25) is 5.02 Å². The second-order valence-electron chi connectivity index (χ2n) is 5.19. The van der Waals surface area contributed by atoms with E-state index in [2.05, 4.69) is 9.97 Å². The Bertz CT molecular complexity index is 1050. The molecular weight excluding hydrogens is 310 g/mol. The van der Waals surface area contributed by atoms with Crippen molar-refractivity contribution in [3.05, 3.63) is 82.5 Å². The summed E-state index contributed by atoms with van der Waals surface area (Å²) in [5.41, 5.74) is 3.12. The van der Waals surface area contributed by atoms with Crippen LogP contribution in [-0.2, 0) is 0 Å². The number of aromatic amines is 1. The third-order valence-electron chi connectivity index (χ3n) is 3.76. The number of H-pyrrole nitrogens is 1. The van der Waals surface area contributed by atoms with Gasteiger partial charge in [-0.25, -0.2) is 4.98 Å². The largest absolute Gasteiger partial charge is 0.312 e. The van der Waals surface area contributed by atoms with Crippen molar-refractivity contribution in [1.29, 1.82) is 0 Å². The van der Waals surface area contributed by atoms with Crippen LogP contribution in [0.4, 0.5) is 0 Å². The molecule has 0 spiro atoms. The first-order valence-electron chi connectivity index (χ1n) is 7.14. The van der Waals surface area contributed by atoms with Gasteiger partial charge in [-0.1, -0.05) is 48.0 Å². The molecule has 0 unspecified atom stereocenters. The van der Waals surface area contributed by atoms with Crippen molar-refractivity contribution in [3.63, 3.8) is 0 Å². The molecule has 0 saturated carbocycles. The number of hydrogen-bond acceptors (Lipinski definition) is 2. The van der Waals surface area contributed by atoms with Crippen LogP contribution >= 0.6 is 11.6 Å². The van der Waals surface area contributed by atoms with Gasteiger partial charge in [-0.2, -0.15) is 0 Å². The van der Waals surface area contributed by atoms with Gasteiger partial charge in [-0.3, -0.25) is 4.79 Å². The van der Waals surface area contributed by atoms with Crippen molar-refractivity contribution >= 4 is 22.6 Å². The zero-order valence-electron chi connectivity index (χ0n) is 12.0. The van der Waals surface area contributed by atoms with Crippen LogP contribution in [0.25, 0.3) is 27.8 Å². The van der Waals surface area contributed by atoms with E-state index in [0.29, 0.717) is 16.1 Å². The molecule has 4 rings (SSSR count). The molecule has 2 aromatic heterocycles. The maximum absolute atomic E-state index is 12.3. The molecule has 0 bridgehead atoms. The molecule has 112 valence electrons. The fourth-order valence-electron chi connectivity index (χ4n) is 2.73. The molecule has 0 amide bonds. The van der Waals surface area contributed by atoms with Gasteiger partial charge in [0.2, 0.25) is 0 Å². The molecule has 2 heterocycles. The minimum absolute atomic E-state index is 0.158. The Morgan fingerprint density at radius 1 is 1.04 bits per heavy atom. The van der Waals surface area contributed by atoms with Gasteiger partial charge < -0.3 is 9.55 Å². The monoisotopic (exact) mass is 321 g/mol. The number of nitrogens with zero attached hydrogens (tertiary/aromatic N) is 2. The Balaban J connectivity index is 2.08. The van der Waals surface area contributed by atoms with E-state index in [1.807, 2.05) is 65.4 Å². The van der Waals surface area contributed by atoms with Gasteiger partial charge in [0.25, 0.3) is 5.56 Å². The molecule has 23 heavy (non-hydrogen) atoms. The molecule has 0 saturated heterocycles. The Labute approximate surface area is 137 Å². The molecule has 0 aliphatic heterocycles. The molecule has 0 aliphatic rings. The molecule has 0 radical (unpaired) electrons. The maximum Gasteiger partial charge on any atom is 0.260 e. The predicted octanol–water partition coefficient (Wildman–Crippen LogP) is 4.03. The van der Waals surface area contributed by atoms with Gasteiger partial charge in [0.15, 0.2) is 5.65 Å². The highest BCUT2D eigenvalue weighted by atomic mass is 35.5. The number of hydrogen-bond donors (Lipinski definition) is 1. The molecule has 4 nitrogen and oxygen atoms in total. The first-order chi connectivity index (χ1) is 11.2. The van der Waals surface area contributed by atoms with E-state index in [0.717, 1.165) is 16.8 Å². The molecule has 0 fully saturated rings. The summed E-state index contributed by atoms with van der Waals surface area (Å²) < 4.78 is 1.89. The predicted molar refractivity (Wildman–Crippen MR) is 92.1 cm³/mol. The van der Waals surface area contributed by atoms with Gasteiger partial charge in [-0.05, 0) is 23.8 Å². The fourth-order valence-corrected chi connectivity index (χ4v) is 2.91. The molecular formula is C18H12ClN3O. The van der Waals surface area contributed by atoms with Crippen LogP contribution in [0.15, 0.2) is 71.9 Å². The number of rotatable bonds is 2. The summed E-state index contributed by atoms with van der Waals surface area (Å²) in [4.78, 5) is 19.4. The summed E-state index contributed by atoms with van der Waals surface area (Å²) in [6.45, 7) is 0. The highest BCUT2D eigenvalue weighted by Gasteiger charge is 2.15. The lowest BCUT2D eigenvalue weighted by molar-refractivity contribution is 1.07. The first kappa shape index (κ1) is 13.8. The average Bonchev–Trinajstić information content (AvgIpc) is 2.97. The van der Waals surface area contributed by atoms with Gasteiger partial charge in [0.1, 0.15) is 0 Å². The van der Waals surface area contributed by atoms with E-state index in [1.54, 1.807) is 0 Å². The van der Waals surface area contributed by atoms with E-state index in [4.69, 9.17) is 11.6 Å². The summed E-state index contributed by atoms with van der Waals surface area (Å²) in [5.74, 6) is 0.